The second-order valence-corrected chi connectivity index (χ2v) is 8.58. The van der Waals surface area contributed by atoms with Crippen molar-refractivity contribution in [1.29, 1.82) is 0 Å². The van der Waals surface area contributed by atoms with Gasteiger partial charge >= 0.3 is 5.97 Å². The number of hydrogen-bond acceptors (Lipinski definition) is 4. The molecule has 1 aliphatic carbocycles. The van der Waals surface area contributed by atoms with Crippen molar-refractivity contribution in [3.8, 4) is 0 Å². The summed E-state index contributed by atoms with van der Waals surface area (Å²) in [6.45, 7) is 6.68. The van der Waals surface area contributed by atoms with Gasteiger partial charge in [-0.3, -0.25) is 9.78 Å². The van der Waals surface area contributed by atoms with Crippen LogP contribution in [0.3, 0.4) is 0 Å². The van der Waals surface area contributed by atoms with Crippen molar-refractivity contribution in [2.75, 3.05) is 13.2 Å². The number of nitrogens with one attached hydrogen (secondary N) is 1. The van der Waals surface area contributed by atoms with Crippen LogP contribution in [0.1, 0.15) is 73.4 Å². The molecule has 160 valence electrons. The van der Waals surface area contributed by atoms with Gasteiger partial charge in [-0.15, -0.1) is 0 Å². The van der Waals surface area contributed by atoms with Crippen LogP contribution in [0.25, 0.3) is 0 Å². The van der Waals surface area contributed by atoms with E-state index in [2.05, 4.69) is 34.8 Å². The molecule has 0 spiro atoms. The fraction of sp³-hybridized carbons (Fsp3) is 0.522. The number of esters is 1. The predicted octanol–water partition coefficient (Wildman–Crippen LogP) is 4.15. The molecule has 1 saturated heterocycles. The second-order valence-electron chi connectivity index (χ2n) is 8.19. The first-order valence-corrected chi connectivity index (χ1v) is 11.2. The van der Waals surface area contributed by atoms with Crippen LogP contribution in [-0.4, -0.2) is 38.7 Å². The average Bonchev–Trinajstić information content (AvgIpc) is 3.42. The Morgan fingerprint density at radius 2 is 2.07 bits per heavy atom. The minimum absolute atomic E-state index is 0.113. The molecule has 1 N–H and O–H groups in total. The van der Waals surface area contributed by atoms with Crippen molar-refractivity contribution in [3.05, 3.63) is 53.1 Å². The van der Waals surface area contributed by atoms with Crippen molar-refractivity contribution >= 4 is 23.3 Å². The molecule has 0 unspecified atom stereocenters. The van der Waals surface area contributed by atoms with Gasteiger partial charge in [0.1, 0.15) is 6.54 Å². The maximum atomic E-state index is 12.4. The molecule has 0 aromatic carbocycles. The molecule has 2 aliphatic rings. The first-order valence-electron chi connectivity index (χ1n) is 10.8. The lowest BCUT2D eigenvalue weighted by Gasteiger charge is -2.27. The molecule has 0 radical (unpaired) electrons. The summed E-state index contributed by atoms with van der Waals surface area (Å²) in [4.78, 5) is 18.9. The number of rotatable bonds is 6. The Kier molecular flexibility index (Phi) is 6.09. The molecule has 4 rings (SSSR count). The molecule has 1 aliphatic heterocycles. The summed E-state index contributed by atoms with van der Waals surface area (Å²) in [5.74, 6) is -0.266. The molecule has 1 saturated carbocycles. The Labute approximate surface area is 183 Å². The maximum absolute atomic E-state index is 12.4. The number of ether oxygens (including phenoxy) is 1. The van der Waals surface area contributed by atoms with E-state index in [1.165, 1.54) is 42.6 Å². The van der Waals surface area contributed by atoms with Crippen LogP contribution in [0, 0.1) is 13.8 Å². The normalized spacial score (nSPS) is 21.8. The van der Waals surface area contributed by atoms with E-state index in [-0.39, 0.29) is 24.6 Å². The monoisotopic (exact) mass is 426 g/mol. The van der Waals surface area contributed by atoms with Crippen LogP contribution in [0.5, 0.6) is 0 Å². The van der Waals surface area contributed by atoms with Gasteiger partial charge < -0.3 is 19.5 Å². The van der Waals surface area contributed by atoms with Gasteiger partial charge in [0.05, 0.1) is 24.4 Å². The van der Waals surface area contributed by atoms with E-state index in [4.69, 9.17) is 17.0 Å². The zero-order chi connectivity index (χ0) is 21.3. The zero-order valence-electron chi connectivity index (χ0n) is 17.9. The van der Waals surface area contributed by atoms with Crippen molar-refractivity contribution in [2.24, 2.45) is 0 Å². The number of nitrogens with zero attached hydrogens (tertiary/aromatic N) is 3. The Balaban J connectivity index is 1.76. The molecule has 2 aromatic rings. The van der Waals surface area contributed by atoms with Crippen LogP contribution in [0.4, 0.5) is 0 Å². The highest BCUT2D eigenvalue weighted by Crippen LogP contribution is 2.42. The van der Waals surface area contributed by atoms with Gasteiger partial charge in [-0.1, -0.05) is 18.9 Å². The van der Waals surface area contributed by atoms with Crippen LogP contribution in [0.15, 0.2) is 30.5 Å². The lowest BCUT2D eigenvalue weighted by atomic mass is 9.96. The van der Waals surface area contributed by atoms with Crippen LogP contribution in [0.2, 0.25) is 0 Å². The molecule has 2 atom stereocenters. The summed E-state index contributed by atoms with van der Waals surface area (Å²) in [6.07, 6.45) is 6.84. The molecule has 7 heteroatoms. The maximum Gasteiger partial charge on any atom is 0.325 e. The molecule has 0 amide bonds. The number of pyridine rings is 1. The van der Waals surface area contributed by atoms with Gasteiger partial charge in [-0.25, -0.2) is 0 Å². The fourth-order valence-electron chi connectivity index (χ4n) is 5.09. The van der Waals surface area contributed by atoms with Crippen molar-refractivity contribution < 1.29 is 9.53 Å². The van der Waals surface area contributed by atoms with Gasteiger partial charge in [-0.2, -0.15) is 0 Å². The Bertz CT molecular complexity index is 921. The SMILES string of the molecule is CCOC(=O)CN1C(=S)N[C@H](c2ccccn2)[C@H]1c1cc(C)n(C2CCCC2)c1C. The Hall–Kier alpha value is -2.41. The largest absolute Gasteiger partial charge is 0.465 e. The third kappa shape index (κ3) is 3.83. The lowest BCUT2D eigenvalue weighted by Crippen LogP contribution is -2.35. The molecule has 2 fully saturated rings. The lowest BCUT2D eigenvalue weighted by molar-refractivity contribution is -0.143. The third-order valence-electron chi connectivity index (χ3n) is 6.33. The Morgan fingerprint density at radius 3 is 2.73 bits per heavy atom. The third-order valence-corrected chi connectivity index (χ3v) is 6.69. The topological polar surface area (TPSA) is 59.4 Å². The average molecular weight is 427 g/mol. The van der Waals surface area contributed by atoms with Gasteiger partial charge in [0.15, 0.2) is 5.11 Å². The minimum Gasteiger partial charge on any atom is -0.465 e. The summed E-state index contributed by atoms with van der Waals surface area (Å²) in [7, 11) is 0. The van der Waals surface area contributed by atoms with Crippen LogP contribution in [-0.2, 0) is 9.53 Å². The summed E-state index contributed by atoms with van der Waals surface area (Å²) < 4.78 is 7.72. The van der Waals surface area contributed by atoms with E-state index in [1.54, 1.807) is 6.20 Å². The van der Waals surface area contributed by atoms with Gasteiger partial charge in [0, 0.05) is 23.6 Å². The standard InChI is InChI=1S/C23H30N4O2S/c1-4-29-20(28)14-26-22(21(25-23(26)30)19-11-7-8-12-24-19)18-13-15(2)27(16(18)3)17-9-5-6-10-17/h7-8,11-13,17,21-22H,4-6,9-10,14H2,1-3H3,(H,25,30)/t21-,22-/m1/s1. The Morgan fingerprint density at radius 1 is 1.30 bits per heavy atom. The predicted molar refractivity (Wildman–Crippen MR) is 120 cm³/mol. The van der Waals surface area contributed by atoms with Gasteiger partial charge in [0.25, 0.3) is 0 Å². The minimum atomic E-state index is -0.266. The van der Waals surface area contributed by atoms with Crippen molar-refractivity contribution in [1.82, 2.24) is 19.8 Å². The molecule has 3 heterocycles. The molecule has 2 aromatic heterocycles. The highest BCUT2D eigenvalue weighted by atomic mass is 32.1. The first kappa shape index (κ1) is 20.8. The van der Waals surface area contributed by atoms with E-state index in [0.717, 1.165) is 5.69 Å². The van der Waals surface area contributed by atoms with E-state index < -0.39 is 0 Å². The van der Waals surface area contributed by atoms with E-state index in [0.29, 0.717) is 17.8 Å². The van der Waals surface area contributed by atoms with Crippen LogP contribution >= 0.6 is 12.2 Å². The number of hydrogen-bond donors (Lipinski definition) is 1. The van der Waals surface area contributed by atoms with E-state index in [1.807, 2.05) is 30.0 Å². The summed E-state index contributed by atoms with van der Waals surface area (Å²) in [5.41, 5.74) is 4.64. The number of carbonyl (C=O) groups excluding carboxylic acids is 1. The summed E-state index contributed by atoms with van der Waals surface area (Å²) >= 11 is 5.66. The number of carbonyl (C=O) groups is 1. The van der Waals surface area contributed by atoms with Gasteiger partial charge in [-0.05, 0) is 69.6 Å². The van der Waals surface area contributed by atoms with Gasteiger partial charge in [0.2, 0.25) is 0 Å². The second kappa shape index (κ2) is 8.76. The quantitative estimate of drug-likeness (QED) is 0.553. The summed E-state index contributed by atoms with van der Waals surface area (Å²) in [5, 5.41) is 3.98. The highest BCUT2D eigenvalue weighted by Gasteiger charge is 2.42. The molecule has 6 nitrogen and oxygen atoms in total. The first-order chi connectivity index (χ1) is 14.5. The molecule has 0 bridgehead atoms. The van der Waals surface area contributed by atoms with E-state index >= 15 is 0 Å². The molecule has 30 heavy (non-hydrogen) atoms. The fourth-order valence-corrected chi connectivity index (χ4v) is 5.39. The highest BCUT2D eigenvalue weighted by molar-refractivity contribution is 7.80. The van der Waals surface area contributed by atoms with E-state index in [9.17, 15) is 4.79 Å². The summed E-state index contributed by atoms with van der Waals surface area (Å²) in [6, 6.07) is 8.50. The van der Waals surface area contributed by atoms with Crippen LogP contribution < -0.4 is 5.32 Å². The van der Waals surface area contributed by atoms with Crippen molar-refractivity contribution in [3.63, 3.8) is 0 Å². The number of aryl methyl sites for hydroxylation is 1. The number of aromatic nitrogens is 2. The zero-order valence-corrected chi connectivity index (χ0v) is 18.7. The van der Waals surface area contributed by atoms with Crippen molar-refractivity contribution in [2.45, 2.75) is 64.6 Å². The smallest absolute Gasteiger partial charge is 0.325 e. The molecular formula is C23H30N4O2S. The molecular weight excluding hydrogens is 396 g/mol. The number of thiocarbonyl (C=S) groups is 1.